The van der Waals surface area contributed by atoms with Gasteiger partial charge in [-0.05, 0) is 12.9 Å². The van der Waals surface area contributed by atoms with E-state index in [4.69, 9.17) is 20.6 Å². The number of nitrogens with one attached hydrogen (secondary N) is 1. The lowest BCUT2D eigenvalue weighted by Crippen LogP contribution is -2.37. The Balaban J connectivity index is 2.11. The third-order valence-electron chi connectivity index (χ3n) is 3.34. The smallest absolute Gasteiger partial charge is 0.256 e. The van der Waals surface area contributed by atoms with E-state index in [1.807, 2.05) is 0 Å². The summed E-state index contributed by atoms with van der Waals surface area (Å²) in [7, 11) is 0. The van der Waals surface area contributed by atoms with Gasteiger partial charge < -0.3 is 14.5 Å². The quantitative estimate of drug-likeness (QED) is 0.790. The minimum atomic E-state index is -3.32. The molecule has 1 N–H and O–H groups in total. The van der Waals surface area contributed by atoms with E-state index >= 15 is 0 Å². The molecular formula is C17H18N4O. The predicted octanol–water partition coefficient (Wildman–Crippen LogP) is 2.41. The second-order valence-electron chi connectivity index (χ2n) is 4.58. The second-order valence-corrected chi connectivity index (χ2v) is 4.58. The third-order valence-corrected chi connectivity index (χ3v) is 3.34. The van der Waals surface area contributed by atoms with Crippen LogP contribution in [0.25, 0.3) is 10.9 Å². The first kappa shape index (κ1) is 4.72. The van der Waals surface area contributed by atoms with E-state index in [2.05, 4.69) is 9.97 Å². The Morgan fingerprint density at radius 2 is 2.41 bits per heavy atom. The van der Waals surface area contributed by atoms with Gasteiger partial charge >= 0.3 is 0 Å². The van der Waals surface area contributed by atoms with Crippen molar-refractivity contribution in [2.24, 2.45) is 6.98 Å². The van der Waals surface area contributed by atoms with Crippen LogP contribution in [0.2, 0.25) is 0 Å². The van der Waals surface area contributed by atoms with Crippen LogP contribution < -0.4 is 0 Å². The highest BCUT2D eigenvalue weighted by molar-refractivity contribution is 6.09. The molecule has 0 bridgehead atoms. The number of para-hydroxylation sites is 1. The Morgan fingerprint density at radius 3 is 3.27 bits per heavy atom. The molecule has 0 unspecified atom stereocenters. The van der Waals surface area contributed by atoms with Gasteiger partial charge in [-0.2, -0.15) is 0 Å². The molecule has 1 aliphatic rings. The number of hydrogen-bond acceptors (Lipinski definition) is 2. The number of carbonyl (C=O) groups is 1. The summed E-state index contributed by atoms with van der Waals surface area (Å²) in [6.45, 7) is -10.4. The molecule has 2 aromatic heterocycles. The number of nitrogens with zero attached hydrogens (tertiary/aromatic N) is 3. The summed E-state index contributed by atoms with van der Waals surface area (Å²) in [6.07, 6.45) is -3.92. The largest absolute Gasteiger partial charge is 0.348 e. The zero-order chi connectivity index (χ0) is 28.2. The van der Waals surface area contributed by atoms with Crippen LogP contribution >= 0.6 is 0 Å². The molecular weight excluding hydrogens is 276 g/mol. The molecule has 5 heteroatoms. The molecule has 4 rings (SSSR count). The molecule has 0 aliphatic carbocycles. The van der Waals surface area contributed by atoms with Gasteiger partial charge in [0.25, 0.3) is 5.91 Å². The maximum absolute atomic E-state index is 13.8. The molecule has 0 radical (unpaired) electrons. The lowest BCUT2D eigenvalue weighted by Gasteiger charge is -2.27. The number of benzene rings is 1. The van der Waals surface area contributed by atoms with E-state index in [0.717, 1.165) is 0 Å². The number of fused-ring (bicyclic) bond motifs is 3. The molecule has 1 amide bonds. The van der Waals surface area contributed by atoms with Crippen molar-refractivity contribution in [3.8, 4) is 0 Å². The van der Waals surface area contributed by atoms with Crippen LogP contribution in [0, 0.1) is 6.85 Å². The van der Waals surface area contributed by atoms with Crippen LogP contribution in [0.5, 0.6) is 0 Å². The highest BCUT2D eigenvalue weighted by atomic mass is 16.2. The molecule has 1 aromatic carbocycles. The minimum absolute atomic E-state index is 0.243. The monoisotopic (exact) mass is 309 g/mol. The SMILES string of the molecule is [2H]c1nc(CN2C(=O)c3c(n(C([2H])([2H])[2H])c4c([2H])c([2H])c([2H])c([2H])c34)C([2H])([2H])C2([2H])[2H])c(C([2H])([2H])[2H])[nH]1. The van der Waals surface area contributed by atoms with Crippen LogP contribution in [0.15, 0.2) is 30.5 Å². The lowest BCUT2D eigenvalue weighted by molar-refractivity contribution is 0.0725. The zero-order valence-electron chi connectivity index (χ0n) is 26.0. The van der Waals surface area contributed by atoms with Crippen LogP contribution in [-0.2, 0) is 19.9 Å². The van der Waals surface area contributed by atoms with E-state index in [1.165, 1.54) is 0 Å². The van der Waals surface area contributed by atoms with Gasteiger partial charge in [-0.1, -0.05) is 18.1 Å². The molecule has 5 nitrogen and oxygen atoms in total. The van der Waals surface area contributed by atoms with Gasteiger partial charge in [-0.3, -0.25) is 4.79 Å². The summed E-state index contributed by atoms with van der Waals surface area (Å²) in [5.41, 5.74) is -3.54. The number of aryl methyl sites for hydroxylation is 2. The maximum Gasteiger partial charge on any atom is 0.256 e. The molecule has 3 heterocycles. The summed E-state index contributed by atoms with van der Waals surface area (Å²) in [5.74, 6) is -1.35. The summed E-state index contributed by atoms with van der Waals surface area (Å²) in [5, 5.41) is -0.620. The van der Waals surface area contributed by atoms with E-state index < -0.39 is 103 Å². The molecule has 0 atom stereocenters. The number of H-pyrrole nitrogens is 1. The molecule has 22 heavy (non-hydrogen) atoms. The van der Waals surface area contributed by atoms with Crippen LogP contribution in [0.3, 0.4) is 0 Å². The Morgan fingerprint density at radius 1 is 1.50 bits per heavy atom. The Labute approximate surface area is 149 Å². The first-order valence-corrected chi connectivity index (χ1v) is 6.19. The van der Waals surface area contributed by atoms with Crippen molar-refractivity contribution in [1.29, 1.82) is 0 Å². The number of rotatable bonds is 2. The molecule has 0 fully saturated rings. The molecule has 0 spiro atoms. The molecule has 3 aromatic rings. The summed E-state index contributed by atoms with van der Waals surface area (Å²) in [4.78, 5) is 19.9. The second kappa shape index (κ2) is 4.73. The van der Waals surface area contributed by atoms with E-state index in [0.29, 0.717) is 0 Å². The van der Waals surface area contributed by atoms with Gasteiger partial charge in [0.1, 0.15) is 1.37 Å². The minimum Gasteiger partial charge on any atom is -0.348 e. The Hall–Kier alpha value is -2.56. The number of aromatic amines is 1. The van der Waals surface area contributed by atoms with Crippen molar-refractivity contribution >= 4 is 16.8 Å². The maximum atomic E-state index is 13.8. The highest BCUT2D eigenvalue weighted by Gasteiger charge is 2.30. The number of imidazole rings is 1. The van der Waals surface area contributed by atoms with Crippen molar-refractivity contribution in [1.82, 2.24) is 19.4 Å². The first-order chi connectivity index (χ1) is 16.7. The average molecular weight is 309 g/mol. The number of aromatic nitrogens is 3. The Kier molecular flexibility index (Phi) is 1.01. The number of carbonyl (C=O) groups excluding carboxylic acids is 1. The lowest BCUT2D eigenvalue weighted by atomic mass is 10.0. The van der Waals surface area contributed by atoms with Gasteiger partial charge in [0.15, 0.2) is 0 Å². The van der Waals surface area contributed by atoms with Crippen molar-refractivity contribution in [3.63, 3.8) is 0 Å². The molecule has 0 saturated carbocycles. The topological polar surface area (TPSA) is 53.9 Å². The molecule has 1 aliphatic heterocycles. The van der Waals surface area contributed by atoms with Crippen LogP contribution in [-0.4, -0.2) is 31.8 Å². The Bertz CT molecular complexity index is 1460. The van der Waals surface area contributed by atoms with Gasteiger partial charge in [-0.15, -0.1) is 0 Å². The standard InChI is InChI=1S/C17H18N4O/c1-11-13(19-10-18-11)9-21-8-7-15-16(17(21)22)12-5-3-4-6-14(12)20(15)2/h3-6,10H,7-9H2,1-2H3,(H,18,19)/i1D3,2D3,3D,4D,5D,6D,7D2,8D2,10D. The molecule has 0 saturated heterocycles. The van der Waals surface area contributed by atoms with Gasteiger partial charge in [-0.25, -0.2) is 4.98 Å². The van der Waals surface area contributed by atoms with E-state index in [-0.39, 0.29) is 9.47 Å². The highest BCUT2D eigenvalue weighted by Crippen LogP contribution is 2.30. The van der Waals surface area contributed by atoms with Crippen LogP contribution in [0.4, 0.5) is 0 Å². The van der Waals surface area contributed by atoms with Gasteiger partial charge in [0, 0.05) is 55.8 Å². The van der Waals surface area contributed by atoms with E-state index in [1.54, 1.807) is 0 Å². The van der Waals surface area contributed by atoms with Crippen LogP contribution in [0.1, 0.15) is 48.0 Å². The fourth-order valence-corrected chi connectivity index (χ4v) is 2.28. The van der Waals surface area contributed by atoms with Crippen molar-refractivity contribution in [3.05, 3.63) is 53.1 Å². The predicted molar refractivity (Wildman–Crippen MR) is 84.7 cm³/mol. The fourth-order valence-electron chi connectivity index (χ4n) is 2.28. The number of amides is 1. The summed E-state index contributed by atoms with van der Waals surface area (Å²) < 4.78 is 121. The zero-order valence-corrected chi connectivity index (χ0v) is 11.0. The first-order valence-electron chi connectivity index (χ1n) is 13.7. The summed E-state index contributed by atoms with van der Waals surface area (Å²) >= 11 is 0. The van der Waals surface area contributed by atoms with E-state index in [9.17, 15) is 4.79 Å². The average Bonchev–Trinajstić information content (AvgIpc) is 3.31. The van der Waals surface area contributed by atoms with Crippen molar-refractivity contribution in [2.75, 3.05) is 6.50 Å². The van der Waals surface area contributed by atoms with Gasteiger partial charge in [0.05, 0.1) is 29.6 Å². The van der Waals surface area contributed by atoms with Gasteiger partial charge in [0.2, 0.25) is 0 Å². The number of hydrogen-bond donors (Lipinski definition) is 1. The molecule has 112 valence electrons. The third kappa shape index (κ3) is 1.78. The van der Waals surface area contributed by atoms with Crippen molar-refractivity contribution < 1.29 is 25.4 Å². The van der Waals surface area contributed by atoms with Crippen molar-refractivity contribution in [2.45, 2.75) is 19.8 Å². The fraction of sp³-hybridized carbons (Fsp3) is 0.294. The summed E-state index contributed by atoms with van der Waals surface area (Å²) in [6, 6.07) is -3.37. The normalized spacial score (nSPS) is 30.3.